The van der Waals surface area contributed by atoms with Gasteiger partial charge >= 0.3 is 0 Å². The van der Waals surface area contributed by atoms with Crippen LogP contribution in [0.5, 0.6) is 0 Å². The third kappa shape index (κ3) is 5.09. The monoisotopic (exact) mass is 293 g/mol. The first kappa shape index (κ1) is 17.0. The second-order valence-corrected chi connectivity index (χ2v) is 6.84. The topological polar surface area (TPSA) is 81.7 Å². The van der Waals surface area contributed by atoms with E-state index in [9.17, 15) is 14.0 Å². The summed E-state index contributed by atoms with van der Waals surface area (Å²) in [7, 11) is 0. The molecule has 1 aliphatic heterocycles. The largest absolute Gasteiger partial charge is 0.750 e. The Kier molecular flexibility index (Phi) is 5.91. The third-order valence-corrected chi connectivity index (χ3v) is 3.73. The smallest absolute Gasteiger partial charge is 0.0842 e. The molecule has 0 aromatic carbocycles. The van der Waals surface area contributed by atoms with Gasteiger partial charge in [-0.1, -0.05) is 0 Å². The first-order chi connectivity index (χ1) is 8.65. The SMILES string of the molecule is CC1(C)CC(OCCCOS(=O)[O-])CC(C)(C)N1[O]. The van der Waals surface area contributed by atoms with Crippen molar-refractivity contribution >= 4 is 11.4 Å². The summed E-state index contributed by atoms with van der Waals surface area (Å²) >= 11 is -2.46. The van der Waals surface area contributed by atoms with Gasteiger partial charge in [-0.25, -0.2) is 4.21 Å². The summed E-state index contributed by atoms with van der Waals surface area (Å²) in [5.74, 6) is 0. The predicted octanol–water partition coefficient (Wildman–Crippen LogP) is 1.57. The fourth-order valence-electron chi connectivity index (χ4n) is 2.73. The highest BCUT2D eigenvalue weighted by atomic mass is 32.2. The van der Waals surface area contributed by atoms with Gasteiger partial charge in [0, 0.05) is 17.7 Å². The zero-order valence-corrected chi connectivity index (χ0v) is 12.8. The van der Waals surface area contributed by atoms with Crippen molar-refractivity contribution in [2.45, 2.75) is 64.1 Å². The lowest BCUT2D eigenvalue weighted by molar-refractivity contribution is -0.301. The molecule has 1 saturated heterocycles. The molecule has 0 spiro atoms. The van der Waals surface area contributed by atoms with Crippen molar-refractivity contribution in [2.24, 2.45) is 0 Å². The molecular weight excluding hydrogens is 270 g/mol. The number of hydrogen-bond acceptors (Lipinski definition) is 5. The number of ether oxygens (including phenoxy) is 1. The lowest BCUT2D eigenvalue weighted by Crippen LogP contribution is -2.59. The van der Waals surface area contributed by atoms with Crippen LogP contribution in [0.3, 0.4) is 0 Å². The number of piperidine rings is 1. The van der Waals surface area contributed by atoms with E-state index in [0.717, 1.165) is 5.06 Å². The summed E-state index contributed by atoms with van der Waals surface area (Å²) in [6.07, 6.45) is 1.89. The Morgan fingerprint density at radius 2 is 1.74 bits per heavy atom. The molecule has 0 aromatic heterocycles. The summed E-state index contributed by atoms with van der Waals surface area (Å²) in [5, 5.41) is 13.3. The lowest BCUT2D eigenvalue weighted by Gasteiger charge is -2.49. The Labute approximate surface area is 117 Å². The molecular formula is C12H23NO5S-. The molecule has 0 N–H and O–H groups in total. The van der Waals surface area contributed by atoms with E-state index >= 15 is 0 Å². The normalized spacial score (nSPS) is 25.4. The maximum absolute atomic E-state index is 12.1. The minimum Gasteiger partial charge on any atom is -0.750 e. The van der Waals surface area contributed by atoms with Gasteiger partial charge in [-0.2, -0.15) is 0 Å². The van der Waals surface area contributed by atoms with E-state index in [1.165, 1.54) is 0 Å². The van der Waals surface area contributed by atoms with Crippen molar-refractivity contribution < 1.29 is 22.9 Å². The number of nitrogens with zero attached hydrogens (tertiary/aromatic N) is 1. The molecule has 7 heteroatoms. The van der Waals surface area contributed by atoms with Crippen LogP contribution in [0.1, 0.15) is 47.0 Å². The van der Waals surface area contributed by atoms with Gasteiger partial charge in [0.05, 0.1) is 24.1 Å². The Hall–Kier alpha value is -0.0500. The minimum atomic E-state index is -2.46. The van der Waals surface area contributed by atoms with Gasteiger partial charge in [-0.3, -0.25) is 0 Å². The average Bonchev–Trinajstić information content (AvgIpc) is 2.24. The Morgan fingerprint density at radius 1 is 1.21 bits per heavy atom. The average molecular weight is 293 g/mol. The van der Waals surface area contributed by atoms with Crippen molar-refractivity contribution in [3.63, 3.8) is 0 Å². The first-order valence-electron chi connectivity index (χ1n) is 6.47. The maximum atomic E-state index is 12.1. The van der Waals surface area contributed by atoms with E-state index in [4.69, 9.17) is 4.74 Å². The lowest BCUT2D eigenvalue weighted by atomic mass is 9.80. The van der Waals surface area contributed by atoms with E-state index in [2.05, 4.69) is 4.18 Å². The molecule has 1 fully saturated rings. The van der Waals surface area contributed by atoms with Crippen LogP contribution < -0.4 is 0 Å². The number of hydroxylamine groups is 2. The highest BCUT2D eigenvalue weighted by molar-refractivity contribution is 7.74. The molecule has 1 atom stereocenters. The highest BCUT2D eigenvalue weighted by Gasteiger charge is 2.46. The minimum absolute atomic E-state index is 0.0212. The van der Waals surface area contributed by atoms with E-state index in [0.29, 0.717) is 25.9 Å². The Bertz CT molecular complexity index is 303. The van der Waals surface area contributed by atoms with Crippen LogP contribution in [-0.2, 0) is 25.5 Å². The maximum Gasteiger partial charge on any atom is 0.0842 e. The molecule has 0 aliphatic carbocycles. The fraction of sp³-hybridized carbons (Fsp3) is 1.00. The van der Waals surface area contributed by atoms with Crippen molar-refractivity contribution in [2.75, 3.05) is 13.2 Å². The second-order valence-electron chi connectivity index (χ2n) is 6.20. The first-order valence-corrected chi connectivity index (χ1v) is 7.47. The van der Waals surface area contributed by atoms with Crippen LogP contribution in [0.15, 0.2) is 0 Å². The molecule has 19 heavy (non-hydrogen) atoms. The zero-order chi connectivity index (χ0) is 14.7. The third-order valence-electron chi connectivity index (χ3n) is 3.38. The molecule has 6 nitrogen and oxygen atoms in total. The quantitative estimate of drug-likeness (QED) is 0.548. The van der Waals surface area contributed by atoms with Gasteiger partial charge in [0.15, 0.2) is 0 Å². The molecule has 0 saturated carbocycles. The standard InChI is InChI=1S/C12H24NO5S/c1-11(2)8-10(9-12(3,4)13(11)14)17-6-5-7-18-19(15)16/h10H,5-9H2,1-4H3,(H,15,16)/p-1. The van der Waals surface area contributed by atoms with E-state index in [1.807, 2.05) is 27.7 Å². The number of rotatable bonds is 6. The number of hydrogen-bond donors (Lipinski definition) is 0. The fourth-order valence-corrected chi connectivity index (χ4v) is 2.98. The van der Waals surface area contributed by atoms with Gasteiger partial charge in [-0.05, 0) is 47.0 Å². The molecule has 113 valence electrons. The summed E-state index contributed by atoms with van der Waals surface area (Å²) in [5.41, 5.74) is -0.890. The molecule has 0 bridgehead atoms. The van der Waals surface area contributed by atoms with E-state index < -0.39 is 22.4 Å². The summed E-state index contributed by atoms with van der Waals surface area (Å²) < 4.78 is 30.5. The van der Waals surface area contributed by atoms with Crippen LogP contribution in [0.2, 0.25) is 0 Å². The van der Waals surface area contributed by atoms with E-state index in [-0.39, 0.29) is 12.7 Å². The highest BCUT2D eigenvalue weighted by Crippen LogP contribution is 2.38. The summed E-state index contributed by atoms with van der Waals surface area (Å²) in [6.45, 7) is 8.24. The van der Waals surface area contributed by atoms with Crippen molar-refractivity contribution in [1.82, 2.24) is 5.06 Å². The molecule has 1 heterocycles. The molecule has 1 radical (unpaired) electrons. The molecule has 0 aromatic rings. The van der Waals surface area contributed by atoms with Crippen molar-refractivity contribution in [3.8, 4) is 0 Å². The van der Waals surface area contributed by atoms with Crippen LogP contribution in [-0.4, -0.2) is 44.2 Å². The summed E-state index contributed by atoms with van der Waals surface area (Å²) in [6, 6.07) is 0. The second kappa shape index (κ2) is 6.60. The van der Waals surface area contributed by atoms with Gasteiger partial charge in [0.1, 0.15) is 0 Å². The van der Waals surface area contributed by atoms with E-state index in [1.54, 1.807) is 0 Å². The van der Waals surface area contributed by atoms with Crippen LogP contribution in [0, 0.1) is 0 Å². The van der Waals surface area contributed by atoms with Gasteiger partial charge in [0.2, 0.25) is 0 Å². The van der Waals surface area contributed by atoms with Crippen LogP contribution >= 0.6 is 0 Å². The van der Waals surface area contributed by atoms with Crippen molar-refractivity contribution in [3.05, 3.63) is 0 Å². The molecule has 1 rings (SSSR count). The van der Waals surface area contributed by atoms with Crippen molar-refractivity contribution in [1.29, 1.82) is 0 Å². The molecule has 1 aliphatic rings. The van der Waals surface area contributed by atoms with Crippen LogP contribution in [0.25, 0.3) is 0 Å². The van der Waals surface area contributed by atoms with Gasteiger partial charge in [-0.15, -0.1) is 10.3 Å². The predicted molar refractivity (Wildman–Crippen MR) is 69.1 cm³/mol. The Morgan fingerprint density at radius 3 is 2.21 bits per heavy atom. The summed E-state index contributed by atoms with van der Waals surface area (Å²) in [4.78, 5) is 0. The molecule has 1 unspecified atom stereocenters. The zero-order valence-electron chi connectivity index (χ0n) is 12.0. The van der Waals surface area contributed by atoms with Gasteiger partial charge < -0.3 is 13.5 Å². The van der Waals surface area contributed by atoms with Crippen LogP contribution in [0.4, 0.5) is 0 Å². The molecule has 0 amide bonds. The Balaban J connectivity index is 2.37. The van der Waals surface area contributed by atoms with Gasteiger partial charge in [0.25, 0.3) is 0 Å².